The van der Waals surface area contributed by atoms with Crippen molar-refractivity contribution in [3.63, 3.8) is 0 Å². The number of hydrogen-bond acceptors (Lipinski definition) is 2. The molecule has 0 spiro atoms. The highest BCUT2D eigenvalue weighted by Crippen LogP contribution is 2.37. The Labute approximate surface area is 104 Å². The number of nitrogen functional groups attached to an aromatic ring is 1. The van der Waals surface area contributed by atoms with Crippen molar-refractivity contribution in [3.8, 4) is 0 Å². The minimum atomic E-state index is -4.40. The molecule has 0 heterocycles. The Morgan fingerprint density at radius 2 is 2.06 bits per heavy atom. The van der Waals surface area contributed by atoms with Gasteiger partial charge < -0.3 is 11.1 Å². The third kappa shape index (κ3) is 3.09. The number of nitrogens with two attached hydrogens (primary N) is 1. The lowest BCUT2D eigenvalue weighted by molar-refractivity contribution is -0.136. The fraction of sp³-hybridized carbons (Fsp3) is 0.538. The van der Waals surface area contributed by atoms with Crippen molar-refractivity contribution in [2.45, 2.75) is 25.9 Å². The second kappa shape index (κ2) is 4.71. The van der Waals surface area contributed by atoms with E-state index in [1.54, 1.807) is 6.07 Å². The predicted molar refractivity (Wildman–Crippen MR) is 66.2 cm³/mol. The smallest absolute Gasteiger partial charge is 0.398 e. The average Bonchev–Trinajstić information content (AvgIpc) is 3.09. The summed E-state index contributed by atoms with van der Waals surface area (Å²) in [6.07, 6.45) is -1.93. The van der Waals surface area contributed by atoms with E-state index in [2.05, 4.69) is 12.2 Å². The summed E-state index contributed by atoms with van der Waals surface area (Å²) in [4.78, 5) is 0. The SMILES string of the molecule is CC(CNc1ccc(N)c(C(F)(F)F)c1)C1CC1. The molecule has 1 aliphatic carbocycles. The molecule has 0 aromatic heterocycles. The van der Waals surface area contributed by atoms with Crippen molar-refractivity contribution in [1.82, 2.24) is 0 Å². The molecule has 2 nitrogen and oxygen atoms in total. The van der Waals surface area contributed by atoms with Gasteiger partial charge in [0.15, 0.2) is 0 Å². The van der Waals surface area contributed by atoms with Crippen molar-refractivity contribution < 1.29 is 13.2 Å². The summed E-state index contributed by atoms with van der Waals surface area (Å²) < 4.78 is 38.0. The van der Waals surface area contributed by atoms with Gasteiger partial charge in [-0.1, -0.05) is 6.92 Å². The second-order valence-corrected chi connectivity index (χ2v) is 5.00. The van der Waals surface area contributed by atoms with E-state index in [9.17, 15) is 13.2 Å². The van der Waals surface area contributed by atoms with Gasteiger partial charge in [-0.15, -0.1) is 0 Å². The summed E-state index contributed by atoms with van der Waals surface area (Å²) in [5, 5.41) is 3.05. The van der Waals surface area contributed by atoms with Gasteiger partial charge in [0.1, 0.15) is 0 Å². The molecular weight excluding hydrogens is 241 g/mol. The molecular formula is C13H17F3N2. The molecule has 0 amide bonds. The van der Waals surface area contributed by atoms with Crippen molar-refractivity contribution in [2.24, 2.45) is 11.8 Å². The maximum absolute atomic E-state index is 12.7. The molecule has 5 heteroatoms. The van der Waals surface area contributed by atoms with Crippen molar-refractivity contribution in [1.29, 1.82) is 0 Å². The molecule has 100 valence electrons. The summed E-state index contributed by atoms with van der Waals surface area (Å²) in [6.45, 7) is 2.82. The molecule has 0 saturated heterocycles. The quantitative estimate of drug-likeness (QED) is 0.807. The number of benzene rings is 1. The number of alkyl halides is 3. The van der Waals surface area contributed by atoms with Crippen LogP contribution >= 0.6 is 0 Å². The highest BCUT2D eigenvalue weighted by Gasteiger charge is 2.33. The Bertz CT molecular complexity index is 425. The number of hydrogen-bond donors (Lipinski definition) is 2. The molecule has 0 bridgehead atoms. The van der Waals surface area contributed by atoms with Gasteiger partial charge in [0.25, 0.3) is 0 Å². The van der Waals surface area contributed by atoms with E-state index >= 15 is 0 Å². The van der Waals surface area contributed by atoms with Crippen LogP contribution in [0.15, 0.2) is 18.2 Å². The molecule has 1 aromatic rings. The van der Waals surface area contributed by atoms with E-state index in [0.717, 1.165) is 12.0 Å². The average molecular weight is 258 g/mol. The van der Waals surface area contributed by atoms with Crippen LogP contribution in [0.5, 0.6) is 0 Å². The van der Waals surface area contributed by atoms with Crippen LogP contribution < -0.4 is 11.1 Å². The van der Waals surface area contributed by atoms with Gasteiger partial charge in [-0.2, -0.15) is 13.2 Å². The first-order valence-electron chi connectivity index (χ1n) is 6.08. The molecule has 1 fully saturated rings. The zero-order chi connectivity index (χ0) is 13.3. The summed E-state index contributed by atoms with van der Waals surface area (Å²) in [7, 11) is 0. The van der Waals surface area contributed by atoms with E-state index in [1.807, 2.05) is 0 Å². The molecule has 3 N–H and O–H groups in total. The second-order valence-electron chi connectivity index (χ2n) is 5.00. The molecule has 0 radical (unpaired) electrons. The monoisotopic (exact) mass is 258 g/mol. The van der Waals surface area contributed by atoms with E-state index in [-0.39, 0.29) is 5.69 Å². The standard InChI is InChI=1S/C13H17F3N2/c1-8(9-2-3-9)7-18-10-4-5-12(17)11(6-10)13(14,15)16/h4-6,8-9,18H,2-3,7,17H2,1H3. The fourth-order valence-electron chi connectivity index (χ4n) is 2.02. The molecule has 2 rings (SSSR count). The third-order valence-corrected chi connectivity index (χ3v) is 3.41. The van der Waals surface area contributed by atoms with Crippen LogP contribution in [-0.2, 0) is 6.18 Å². The topological polar surface area (TPSA) is 38.0 Å². The molecule has 18 heavy (non-hydrogen) atoms. The molecule has 0 aliphatic heterocycles. The van der Waals surface area contributed by atoms with Gasteiger partial charge in [0.2, 0.25) is 0 Å². The van der Waals surface area contributed by atoms with E-state index < -0.39 is 11.7 Å². The fourth-order valence-corrected chi connectivity index (χ4v) is 2.02. The zero-order valence-electron chi connectivity index (χ0n) is 10.2. The molecule has 1 atom stereocenters. The van der Waals surface area contributed by atoms with Crippen LogP contribution in [0.2, 0.25) is 0 Å². The van der Waals surface area contributed by atoms with E-state index in [4.69, 9.17) is 5.73 Å². The molecule has 1 saturated carbocycles. The number of nitrogens with one attached hydrogen (secondary N) is 1. The van der Waals surface area contributed by atoms with E-state index in [1.165, 1.54) is 18.9 Å². The molecule has 1 unspecified atom stereocenters. The third-order valence-electron chi connectivity index (χ3n) is 3.41. The first-order valence-corrected chi connectivity index (χ1v) is 6.08. The first-order chi connectivity index (χ1) is 8.38. The van der Waals surface area contributed by atoms with Gasteiger partial charge in [0.05, 0.1) is 5.56 Å². The van der Waals surface area contributed by atoms with Gasteiger partial charge in [-0.05, 0) is 42.9 Å². The summed E-state index contributed by atoms with van der Waals surface area (Å²) >= 11 is 0. The highest BCUT2D eigenvalue weighted by molar-refractivity contribution is 5.58. The first kappa shape index (κ1) is 13.1. The molecule has 1 aliphatic rings. The Kier molecular flexibility index (Phi) is 3.41. The van der Waals surface area contributed by atoms with Crippen LogP contribution in [0.3, 0.4) is 0 Å². The van der Waals surface area contributed by atoms with Gasteiger partial charge in [-0.25, -0.2) is 0 Å². The minimum absolute atomic E-state index is 0.233. The lowest BCUT2D eigenvalue weighted by atomic mass is 10.1. The van der Waals surface area contributed by atoms with Crippen molar-refractivity contribution >= 4 is 11.4 Å². The van der Waals surface area contributed by atoms with Crippen LogP contribution in [0.25, 0.3) is 0 Å². The Morgan fingerprint density at radius 1 is 1.39 bits per heavy atom. The summed E-state index contributed by atoms with van der Waals surface area (Å²) in [5.74, 6) is 1.23. The van der Waals surface area contributed by atoms with Gasteiger partial charge in [-0.3, -0.25) is 0 Å². The van der Waals surface area contributed by atoms with Crippen molar-refractivity contribution in [3.05, 3.63) is 23.8 Å². The predicted octanol–water partition coefficient (Wildman–Crippen LogP) is 3.75. The van der Waals surface area contributed by atoms with Crippen LogP contribution in [0, 0.1) is 11.8 Å². The lowest BCUT2D eigenvalue weighted by Crippen LogP contribution is -2.14. The van der Waals surface area contributed by atoms with Crippen molar-refractivity contribution in [2.75, 3.05) is 17.6 Å². The number of rotatable bonds is 4. The largest absolute Gasteiger partial charge is 0.418 e. The van der Waals surface area contributed by atoms with Crippen LogP contribution in [0.1, 0.15) is 25.3 Å². The van der Waals surface area contributed by atoms with Crippen LogP contribution in [0.4, 0.5) is 24.5 Å². The Balaban J connectivity index is 2.04. The number of anilines is 2. The normalized spacial score (nSPS) is 17.6. The maximum atomic E-state index is 12.7. The minimum Gasteiger partial charge on any atom is -0.398 e. The molecule has 1 aromatic carbocycles. The van der Waals surface area contributed by atoms with Gasteiger partial charge >= 0.3 is 6.18 Å². The van der Waals surface area contributed by atoms with E-state index in [0.29, 0.717) is 18.2 Å². The Morgan fingerprint density at radius 3 is 2.61 bits per heavy atom. The maximum Gasteiger partial charge on any atom is 0.418 e. The Hall–Kier alpha value is -1.39. The lowest BCUT2D eigenvalue weighted by Gasteiger charge is -2.15. The number of halogens is 3. The highest BCUT2D eigenvalue weighted by atomic mass is 19.4. The summed E-state index contributed by atoms with van der Waals surface area (Å²) in [5.41, 5.74) is 4.81. The van der Waals surface area contributed by atoms with Gasteiger partial charge in [0, 0.05) is 17.9 Å². The summed E-state index contributed by atoms with van der Waals surface area (Å²) in [6, 6.07) is 3.96. The van der Waals surface area contributed by atoms with Crippen LogP contribution in [-0.4, -0.2) is 6.54 Å². The zero-order valence-corrected chi connectivity index (χ0v) is 10.2.